The van der Waals surface area contributed by atoms with Gasteiger partial charge in [-0.25, -0.2) is 4.98 Å². The van der Waals surface area contributed by atoms with Gasteiger partial charge in [-0.2, -0.15) is 0 Å². The molecule has 0 aliphatic rings. The molecule has 0 spiro atoms. The predicted molar refractivity (Wildman–Crippen MR) is 143 cm³/mol. The van der Waals surface area contributed by atoms with E-state index in [2.05, 4.69) is 43.0 Å². The van der Waals surface area contributed by atoms with E-state index in [0.717, 1.165) is 58.5 Å². The molecular weight excluding hydrogens is 442 g/mol. The fourth-order valence-corrected chi connectivity index (χ4v) is 5.04. The van der Waals surface area contributed by atoms with E-state index in [9.17, 15) is 4.79 Å². The number of carbonyl (C=O) groups is 1. The molecule has 0 aliphatic heterocycles. The number of ether oxygens (including phenoxy) is 1. The normalized spacial score (nSPS) is 12.2. The number of nitrogens with zero attached hydrogens (tertiary/aromatic N) is 2. The number of hydrogen-bond acceptors (Lipinski definition) is 4. The van der Waals surface area contributed by atoms with Crippen LogP contribution in [-0.2, 0) is 6.54 Å². The number of rotatable bonds is 12. The van der Waals surface area contributed by atoms with Crippen LogP contribution < -0.4 is 10.1 Å². The van der Waals surface area contributed by atoms with E-state index < -0.39 is 0 Å². The number of carbonyl (C=O) groups excluding carboxylic acids is 1. The standard InChI is InChI=1S/C28H39N3O2S/c1-7-9-10-21(8-2)16-29-27(32)24-15-26(31(20(24)5)17-19(3)4)25-18-34-28(30-25)22-11-13-23(33-6)14-12-22/h11-15,18-19,21H,7-10,16-17H2,1-6H3,(H,29,32). The summed E-state index contributed by atoms with van der Waals surface area (Å²) in [6.45, 7) is 12.4. The zero-order valence-corrected chi connectivity index (χ0v) is 22.3. The van der Waals surface area contributed by atoms with E-state index in [1.807, 2.05) is 37.3 Å². The predicted octanol–water partition coefficient (Wildman–Crippen LogP) is 7.20. The van der Waals surface area contributed by atoms with Crippen LogP contribution in [0.2, 0.25) is 0 Å². The lowest BCUT2D eigenvalue weighted by Crippen LogP contribution is -2.29. The summed E-state index contributed by atoms with van der Waals surface area (Å²) < 4.78 is 7.52. The molecule has 0 fully saturated rings. The maximum absolute atomic E-state index is 13.2. The molecular formula is C28H39N3O2S. The SMILES string of the molecule is CCCCC(CC)CNC(=O)c1cc(-c2csc(-c3ccc(OC)cc3)n2)n(CC(C)C)c1C. The number of benzene rings is 1. The van der Waals surface area contributed by atoms with Gasteiger partial charge in [-0.15, -0.1) is 11.3 Å². The van der Waals surface area contributed by atoms with E-state index in [0.29, 0.717) is 11.8 Å². The van der Waals surface area contributed by atoms with Gasteiger partial charge < -0.3 is 14.6 Å². The van der Waals surface area contributed by atoms with Crippen molar-refractivity contribution in [1.82, 2.24) is 14.9 Å². The van der Waals surface area contributed by atoms with Gasteiger partial charge in [0, 0.05) is 29.7 Å². The molecule has 3 aromatic rings. The largest absolute Gasteiger partial charge is 0.497 e. The fourth-order valence-electron chi connectivity index (χ4n) is 4.22. The highest BCUT2D eigenvalue weighted by Crippen LogP contribution is 2.32. The van der Waals surface area contributed by atoms with Crippen LogP contribution in [0, 0.1) is 18.8 Å². The summed E-state index contributed by atoms with van der Waals surface area (Å²) in [5, 5.41) is 6.25. The van der Waals surface area contributed by atoms with Crippen LogP contribution in [0.1, 0.15) is 69.4 Å². The molecule has 0 saturated carbocycles. The molecule has 0 saturated heterocycles. The van der Waals surface area contributed by atoms with Crippen LogP contribution in [0.5, 0.6) is 5.75 Å². The molecule has 34 heavy (non-hydrogen) atoms. The quantitative estimate of drug-likeness (QED) is 0.298. The molecule has 1 atom stereocenters. The van der Waals surface area contributed by atoms with Crippen LogP contribution in [0.4, 0.5) is 0 Å². The minimum absolute atomic E-state index is 0.0156. The summed E-state index contributed by atoms with van der Waals surface area (Å²) in [5.74, 6) is 1.84. The summed E-state index contributed by atoms with van der Waals surface area (Å²) in [6, 6.07) is 9.98. The Morgan fingerprint density at radius 1 is 1.21 bits per heavy atom. The molecule has 5 nitrogen and oxygen atoms in total. The van der Waals surface area contributed by atoms with Gasteiger partial charge in [0.1, 0.15) is 10.8 Å². The molecule has 0 bridgehead atoms. The molecule has 2 heterocycles. The Bertz CT molecular complexity index is 1070. The average molecular weight is 482 g/mol. The molecule has 0 radical (unpaired) electrons. The molecule has 0 aliphatic carbocycles. The molecule has 184 valence electrons. The van der Waals surface area contributed by atoms with Crippen LogP contribution in [0.3, 0.4) is 0 Å². The monoisotopic (exact) mass is 481 g/mol. The second-order valence-electron chi connectivity index (χ2n) is 9.43. The van der Waals surface area contributed by atoms with Gasteiger partial charge in [0.25, 0.3) is 5.91 Å². The van der Waals surface area contributed by atoms with Gasteiger partial charge in [0.2, 0.25) is 0 Å². The van der Waals surface area contributed by atoms with Gasteiger partial charge in [-0.3, -0.25) is 4.79 Å². The van der Waals surface area contributed by atoms with Crippen molar-refractivity contribution in [3.8, 4) is 27.7 Å². The third kappa shape index (κ3) is 6.29. The molecule has 1 N–H and O–H groups in total. The van der Waals surface area contributed by atoms with Crippen molar-refractivity contribution in [2.24, 2.45) is 11.8 Å². The van der Waals surface area contributed by atoms with Gasteiger partial charge in [0.05, 0.1) is 24.1 Å². The summed E-state index contributed by atoms with van der Waals surface area (Å²) >= 11 is 1.62. The van der Waals surface area contributed by atoms with Crippen molar-refractivity contribution in [3.05, 3.63) is 47.0 Å². The minimum Gasteiger partial charge on any atom is -0.497 e. The summed E-state index contributed by atoms with van der Waals surface area (Å²) in [7, 11) is 1.67. The van der Waals surface area contributed by atoms with Crippen LogP contribution in [0.25, 0.3) is 22.0 Å². The van der Waals surface area contributed by atoms with Gasteiger partial charge in [0.15, 0.2) is 0 Å². The first kappa shape index (κ1) is 26.0. The molecule has 1 unspecified atom stereocenters. The van der Waals surface area contributed by atoms with Crippen molar-refractivity contribution in [2.45, 2.75) is 66.8 Å². The van der Waals surface area contributed by atoms with E-state index >= 15 is 0 Å². The fraction of sp³-hybridized carbons (Fsp3) is 0.500. The lowest BCUT2D eigenvalue weighted by molar-refractivity contribution is 0.0945. The number of methoxy groups -OCH3 is 1. The van der Waals surface area contributed by atoms with Crippen LogP contribution in [0.15, 0.2) is 35.7 Å². The second-order valence-corrected chi connectivity index (χ2v) is 10.3. The van der Waals surface area contributed by atoms with Crippen molar-refractivity contribution in [3.63, 3.8) is 0 Å². The van der Waals surface area contributed by atoms with Crippen molar-refractivity contribution in [1.29, 1.82) is 0 Å². The maximum Gasteiger partial charge on any atom is 0.253 e. The van der Waals surface area contributed by atoms with E-state index in [1.54, 1.807) is 18.4 Å². The van der Waals surface area contributed by atoms with Crippen molar-refractivity contribution >= 4 is 17.2 Å². The third-order valence-corrected chi connectivity index (χ3v) is 7.25. The van der Waals surface area contributed by atoms with Gasteiger partial charge in [-0.1, -0.05) is 47.0 Å². The zero-order chi connectivity index (χ0) is 24.7. The van der Waals surface area contributed by atoms with Gasteiger partial charge >= 0.3 is 0 Å². The van der Waals surface area contributed by atoms with E-state index in [1.165, 1.54) is 19.3 Å². The molecule has 1 amide bonds. The maximum atomic E-state index is 13.2. The first-order valence-electron chi connectivity index (χ1n) is 12.5. The Hall–Kier alpha value is -2.60. The lowest BCUT2D eigenvalue weighted by atomic mass is 9.99. The number of hydrogen-bond donors (Lipinski definition) is 1. The summed E-state index contributed by atoms with van der Waals surface area (Å²) in [4.78, 5) is 18.1. The zero-order valence-electron chi connectivity index (χ0n) is 21.5. The highest BCUT2D eigenvalue weighted by molar-refractivity contribution is 7.13. The Labute approximate surface area is 208 Å². The first-order valence-corrected chi connectivity index (χ1v) is 13.3. The lowest BCUT2D eigenvalue weighted by Gasteiger charge is -2.16. The van der Waals surface area contributed by atoms with E-state index in [-0.39, 0.29) is 5.91 Å². The summed E-state index contributed by atoms with van der Waals surface area (Å²) in [6.07, 6.45) is 4.66. The first-order chi connectivity index (χ1) is 16.4. The molecule has 6 heteroatoms. The Morgan fingerprint density at radius 3 is 2.56 bits per heavy atom. The Kier molecular flexibility index (Phi) is 9.34. The van der Waals surface area contributed by atoms with Crippen molar-refractivity contribution < 1.29 is 9.53 Å². The van der Waals surface area contributed by atoms with Crippen LogP contribution >= 0.6 is 11.3 Å². The number of nitrogens with one attached hydrogen (secondary N) is 1. The number of unbranched alkanes of at least 4 members (excludes halogenated alkanes) is 1. The number of thiazole rings is 1. The molecule has 2 aromatic heterocycles. The van der Waals surface area contributed by atoms with Gasteiger partial charge in [-0.05, 0) is 55.5 Å². The third-order valence-electron chi connectivity index (χ3n) is 6.36. The highest BCUT2D eigenvalue weighted by Gasteiger charge is 2.21. The highest BCUT2D eigenvalue weighted by atomic mass is 32.1. The number of aromatic nitrogens is 2. The smallest absolute Gasteiger partial charge is 0.253 e. The topological polar surface area (TPSA) is 56.1 Å². The van der Waals surface area contributed by atoms with E-state index in [4.69, 9.17) is 9.72 Å². The molecule has 3 rings (SSSR count). The Balaban J connectivity index is 1.87. The van der Waals surface area contributed by atoms with Crippen molar-refractivity contribution in [2.75, 3.05) is 13.7 Å². The average Bonchev–Trinajstić information content (AvgIpc) is 3.44. The second kappa shape index (κ2) is 12.2. The molecule has 1 aromatic carbocycles. The Morgan fingerprint density at radius 2 is 1.94 bits per heavy atom. The number of amides is 1. The minimum atomic E-state index is 0.0156. The van der Waals surface area contributed by atoms with Crippen LogP contribution in [-0.4, -0.2) is 29.1 Å². The summed E-state index contributed by atoms with van der Waals surface area (Å²) in [5.41, 5.74) is 4.73.